The zero-order chi connectivity index (χ0) is 18.4. The molecule has 1 aromatic heterocycles. The zero-order valence-corrected chi connectivity index (χ0v) is 15.2. The van der Waals surface area contributed by atoms with E-state index in [9.17, 15) is 9.18 Å². The minimum Gasteiger partial charge on any atom is -0.497 e. The summed E-state index contributed by atoms with van der Waals surface area (Å²) in [6.45, 7) is 0. The number of ketones is 1. The molecule has 1 heterocycles. The first kappa shape index (κ1) is 18.2. The highest BCUT2D eigenvalue weighted by atomic mass is 32.2. The number of carbonyl (C=O) groups is 1. The van der Waals surface area contributed by atoms with Crippen LogP contribution in [0.2, 0.25) is 0 Å². The van der Waals surface area contributed by atoms with Gasteiger partial charge in [-0.3, -0.25) is 9.36 Å². The van der Waals surface area contributed by atoms with Gasteiger partial charge in [-0.2, -0.15) is 0 Å². The molecule has 3 rings (SSSR count). The van der Waals surface area contributed by atoms with Crippen LogP contribution in [0, 0.1) is 5.82 Å². The average molecular weight is 370 g/mol. The number of benzene rings is 2. The number of Topliss-reactive ketones (excluding diaryl/α,β-unsaturated/α-hetero) is 1. The first-order valence-electron chi connectivity index (χ1n) is 8.27. The highest BCUT2D eigenvalue weighted by Gasteiger charge is 2.09. The van der Waals surface area contributed by atoms with Gasteiger partial charge < -0.3 is 4.74 Å². The van der Waals surface area contributed by atoms with Crippen molar-refractivity contribution in [3.8, 4) is 11.4 Å². The Labute approximate surface area is 156 Å². The SMILES string of the molecule is COc1cccc(-n2ccnc2SCCCC(=O)c2ccc(F)cc2)c1. The predicted molar refractivity (Wildman–Crippen MR) is 101 cm³/mol. The molecule has 134 valence electrons. The third-order valence-corrected chi connectivity index (χ3v) is 4.94. The molecule has 0 aliphatic rings. The van der Waals surface area contributed by atoms with E-state index in [-0.39, 0.29) is 11.6 Å². The summed E-state index contributed by atoms with van der Waals surface area (Å²) in [6, 6.07) is 13.5. The van der Waals surface area contributed by atoms with E-state index in [2.05, 4.69) is 4.98 Å². The molecule has 0 fully saturated rings. The van der Waals surface area contributed by atoms with Crippen molar-refractivity contribution in [3.63, 3.8) is 0 Å². The quantitative estimate of drug-likeness (QED) is 0.325. The Bertz CT molecular complexity index is 878. The molecule has 3 aromatic rings. The Morgan fingerprint density at radius 1 is 1.23 bits per heavy atom. The van der Waals surface area contributed by atoms with Crippen LogP contribution in [-0.2, 0) is 0 Å². The van der Waals surface area contributed by atoms with E-state index in [0.29, 0.717) is 12.0 Å². The number of thioether (sulfide) groups is 1. The van der Waals surface area contributed by atoms with E-state index in [1.165, 1.54) is 24.3 Å². The Balaban J connectivity index is 1.55. The van der Waals surface area contributed by atoms with Crippen LogP contribution < -0.4 is 4.74 Å². The number of imidazole rings is 1. The second kappa shape index (κ2) is 8.67. The molecule has 0 aliphatic heterocycles. The minimum atomic E-state index is -0.332. The molecule has 6 heteroatoms. The summed E-state index contributed by atoms with van der Waals surface area (Å²) < 4.78 is 20.2. The van der Waals surface area contributed by atoms with Crippen molar-refractivity contribution < 1.29 is 13.9 Å². The van der Waals surface area contributed by atoms with Crippen LogP contribution in [0.15, 0.2) is 66.1 Å². The molecule has 0 bridgehead atoms. The normalized spacial score (nSPS) is 10.7. The predicted octanol–water partition coefficient (Wildman–Crippen LogP) is 4.78. The fourth-order valence-electron chi connectivity index (χ4n) is 2.53. The number of halogens is 1. The van der Waals surface area contributed by atoms with Crippen LogP contribution in [0.5, 0.6) is 5.75 Å². The van der Waals surface area contributed by atoms with Crippen LogP contribution in [0.25, 0.3) is 5.69 Å². The topological polar surface area (TPSA) is 44.1 Å². The second-order valence-corrected chi connectivity index (χ2v) is 6.73. The standard InChI is InChI=1S/C20H19FN2O2S/c1-25-18-5-2-4-17(14-18)23-12-11-22-20(23)26-13-3-6-19(24)15-7-9-16(21)10-8-15/h2,4-5,7-12,14H,3,6,13H2,1H3. The number of carbonyl (C=O) groups excluding carboxylic acids is 1. The summed E-state index contributed by atoms with van der Waals surface area (Å²) in [5.41, 5.74) is 1.53. The lowest BCUT2D eigenvalue weighted by Gasteiger charge is -2.09. The molecule has 0 aliphatic carbocycles. The van der Waals surface area contributed by atoms with Crippen molar-refractivity contribution >= 4 is 17.5 Å². The highest BCUT2D eigenvalue weighted by molar-refractivity contribution is 7.99. The van der Waals surface area contributed by atoms with Gasteiger partial charge in [0, 0.05) is 36.2 Å². The van der Waals surface area contributed by atoms with E-state index in [1.807, 2.05) is 35.0 Å². The summed E-state index contributed by atoms with van der Waals surface area (Å²) in [5.74, 6) is 1.26. The molecule has 4 nitrogen and oxygen atoms in total. The number of hydrogen-bond donors (Lipinski definition) is 0. The van der Waals surface area contributed by atoms with Crippen LogP contribution >= 0.6 is 11.8 Å². The molecular weight excluding hydrogens is 351 g/mol. The Kier molecular flexibility index (Phi) is 6.07. The molecular formula is C20H19FN2O2S. The zero-order valence-electron chi connectivity index (χ0n) is 14.4. The number of rotatable bonds is 8. The van der Waals surface area contributed by atoms with Crippen molar-refractivity contribution in [2.45, 2.75) is 18.0 Å². The summed E-state index contributed by atoms with van der Waals surface area (Å²) >= 11 is 1.60. The molecule has 0 spiro atoms. The monoisotopic (exact) mass is 370 g/mol. The van der Waals surface area contributed by atoms with E-state index in [1.54, 1.807) is 25.1 Å². The van der Waals surface area contributed by atoms with E-state index >= 15 is 0 Å². The molecule has 0 atom stereocenters. The first-order chi connectivity index (χ1) is 12.7. The molecule has 0 N–H and O–H groups in total. The van der Waals surface area contributed by atoms with Gasteiger partial charge in [-0.25, -0.2) is 9.37 Å². The van der Waals surface area contributed by atoms with Gasteiger partial charge in [0.1, 0.15) is 11.6 Å². The fourth-order valence-corrected chi connectivity index (χ4v) is 3.44. The van der Waals surface area contributed by atoms with Gasteiger partial charge in [0.25, 0.3) is 0 Å². The third-order valence-electron chi connectivity index (χ3n) is 3.88. The number of methoxy groups -OCH3 is 1. The number of ether oxygens (including phenoxy) is 1. The van der Waals surface area contributed by atoms with Gasteiger partial charge >= 0.3 is 0 Å². The summed E-state index contributed by atoms with van der Waals surface area (Å²) in [6.07, 6.45) is 4.82. The molecule has 0 radical (unpaired) electrons. The molecule has 0 amide bonds. The van der Waals surface area contributed by atoms with Crippen LogP contribution in [0.3, 0.4) is 0 Å². The lowest BCUT2D eigenvalue weighted by Crippen LogP contribution is -2.00. The van der Waals surface area contributed by atoms with Crippen LogP contribution in [0.4, 0.5) is 4.39 Å². The van der Waals surface area contributed by atoms with Crippen LogP contribution in [0.1, 0.15) is 23.2 Å². The second-order valence-electron chi connectivity index (χ2n) is 5.66. The van der Waals surface area contributed by atoms with Gasteiger partial charge in [0.2, 0.25) is 0 Å². The van der Waals surface area contributed by atoms with Gasteiger partial charge in [0.15, 0.2) is 10.9 Å². The van der Waals surface area contributed by atoms with Gasteiger partial charge in [-0.05, 0) is 42.8 Å². The summed E-state index contributed by atoms with van der Waals surface area (Å²) in [7, 11) is 1.64. The van der Waals surface area contributed by atoms with Crippen LogP contribution in [-0.4, -0.2) is 28.2 Å². The lowest BCUT2D eigenvalue weighted by atomic mass is 10.1. The molecule has 0 unspecified atom stereocenters. The molecule has 0 saturated carbocycles. The number of aromatic nitrogens is 2. The number of hydrogen-bond acceptors (Lipinski definition) is 4. The maximum absolute atomic E-state index is 12.9. The van der Waals surface area contributed by atoms with Gasteiger partial charge in [-0.1, -0.05) is 17.8 Å². The molecule has 26 heavy (non-hydrogen) atoms. The first-order valence-corrected chi connectivity index (χ1v) is 9.25. The lowest BCUT2D eigenvalue weighted by molar-refractivity contribution is 0.0982. The Morgan fingerprint density at radius 3 is 2.81 bits per heavy atom. The van der Waals surface area contributed by atoms with Gasteiger partial charge in [-0.15, -0.1) is 0 Å². The fraction of sp³-hybridized carbons (Fsp3) is 0.200. The smallest absolute Gasteiger partial charge is 0.172 e. The summed E-state index contributed by atoms with van der Waals surface area (Å²) in [5, 5.41) is 0.868. The Hall–Kier alpha value is -2.60. The van der Waals surface area contributed by atoms with E-state index < -0.39 is 0 Å². The van der Waals surface area contributed by atoms with E-state index in [4.69, 9.17) is 4.74 Å². The van der Waals surface area contributed by atoms with Crippen molar-refractivity contribution in [2.24, 2.45) is 0 Å². The molecule has 2 aromatic carbocycles. The average Bonchev–Trinajstić information content (AvgIpc) is 3.14. The van der Waals surface area contributed by atoms with Crippen molar-refractivity contribution in [2.75, 3.05) is 12.9 Å². The van der Waals surface area contributed by atoms with E-state index in [0.717, 1.165) is 28.8 Å². The highest BCUT2D eigenvalue weighted by Crippen LogP contribution is 2.24. The minimum absolute atomic E-state index is 0.0294. The number of nitrogens with zero attached hydrogens (tertiary/aromatic N) is 2. The van der Waals surface area contributed by atoms with Crippen molar-refractivity contribution in [1.29, 1.82) is 0 Å². The largest absolute Gasteiger partial charge is 0.497 e. The maximum atomic E-state index is 12.9. The third kappa shape index (κ3) is 4.52. The van der Waals surface area contributed by atoms with Crippen molar-refractivity contribution in [1.82, 2.24) is 9.55 Å². The van der Waals surface area contributed by atoms with Gasteiger partial charge in [0.05, 0.1) is 12.8 Å². The maximum Gasteiger partial charge on any atom is 0.172 e. The molecule has 0 saturated heterocycles. The summed E-state index contributed by atoms with van der Waals surface area (Å²) in [4.78, 5) is 16.5. The Morgan fingerprint density at radius 2 is 2.04 bits per heavy atom. The van der Waals surface area contributed by atoms with Crippen molar-refractivity contribution in [3.05, 3.63) is 72.3 Å².